The van der Waals surface area contributed by atoms with Gasteiger partial charge in [0.15, 0.2) is 0 Å². The normalized spacial score (nSPS) is 30.3. The van der Waals surface area contributed by atoms with Gasteiger partial charge in [0, 0.05) is 12.6 Å². The molecule has 126 valence electrons. The van der Waals surface area contributed by atoms with Gasteiger partial charge < -0.3 is 10.4 Å². The molecule has 1 aromatic carbocycles. The van der Waals surface area contributed by atoms with Crippen LogP contribution in [-0.2, 0) is 5.41 Å². The molecule has 4 nitrogen and oxygen atoms in total. The van der Waals surface area contributed by atoms with Gasteiger partial charge in [0.1, 0.15) is 0 Å². The highest BCUT2D eigenvalue weighted by Gasteiger charge is 2.39. The van der Waals surface area contributed by atoms with Crippen LogP contribution in [0, 0.1) is 5.92 Å². The van der Waals surface area contributed by atoms with Crippen molar-refractivity contribution in [1.29, 1.82) is 0 Å². The predicted octanol–water partition coefficient (Wildman–Crippen LogP) is 2.74. The maximum Gasteiger partial charge on any atom is 0.335 e. The summed E-state index contributed by atoms with van der Waals surface area (Å²) in [5.74, 6) is -0.314. The number of likely N-dealkylation sites (tertiary alicyclic amines) is 1. The highest BCUT2D eigenvalue weighted by Crippen LogP contribution is 2.40. The van der Waals surface area contributed by atoms with Crippen LogP contribution in [0.25, 0.3) is 0 Å². The molecular weight excluding hydrogens is 288 g/mol. The Morgan fingerprint density at radius 2 is 2.09 bits per heavy atom. The first-order chi connectivity index (χ1) is 11.0. The highest BCUT2D eigenvalue weighted by molar-refractivity contribution is 5.87. The molecule has 2 heterocycles. The summed E-state index contributed by atoms with van der Waals surface area (Å²) >= 11 is 0. The number of nitrogens with one attached hydrogen (secondary N) is 1. The minimum absolute atomic E-state index is 0.0644. The van der Waals surface area contributed by atoms with E-state index in [4.69, 9.17) is 0 Å². The van der Waals surface area contributed by atoms with Gasteiger partial charge in [0.2, 0.25) is 0 Å². The van der Waals surface area contributed by atoms with Gasteiger partial charge in [0.25, 0.3) is 0 Å². The van der Waals surface area contributed by atoms with Gasteiger partial charge >= 0.3 is 5.97 Å². The second-order valence-corrected chi connectivity index (χ2v) is 7.43. The fourth-order valence-corrected chi connectivity index (χ4v) is 4.21. The number of rotatable bonds is 3. The number of aromatic carboxylic acids is 1. The van der Waals surface area contributed by atoms with Crippen LogP contribution in [0.1, 0.15) is 49.0 Å². The van der Waals surface area contributed by atoms with E-state index < -0.39 is 5.97 Å². The molecule has 4 heteroatoms. The summed E-state index contributed by atoms with van der Waals surface area (Å²) in [7, 11) is 0. The lowest BCUT2D eigenvalue weighted by atomic mass is 9.67. The van der Waals surface area contributed by atoms with Gasteiger partial charge in [-0.25, -0.2) is 4.79 Å². The van der Waals surface area contributed by atoms with Crippen LogP contribution >= 0.6 is 0 Å². The average Bonchev–Trinajstić information content (AvgIpc) is 2.58. The van der Waals surface area contributed by atoms with Crippen molar-refractivity contribution in [2.24, 2.45) is 5.92 Å². The summed E-state index contributed by atoms with van der Waals surface area (Å²) < 4.78 is 0. The molecule has 23 heavy (non-hydrogen) atoms. The highest BCUT2D eigenvalue weighted by atomic mass is 16.4. The molecule has 2 fully saturated rings. The summed E-state index contributed by atoms with van der Waals surface area (Å²) in [4.78, 5) is 13.9. The third-order valence-corrected chi connectivity index (χ3v) is 6.11. The van der Waals surface area contributed by atoms with E-state index in [0.29, 0.717) is 17.5 Å². The molecule has 2 aliphatic rings. The Balaban J connectivity index is 1.75. The third kappa shape index (κ3) is 3.29. The first-order valence-corrected chi connectivity index (χ1v) is 8.79. The summed E-state index contributed by atoms with van der Waals surface area (Å²) in [6.45, 7) is 9.11. The van der Waals surface area contributed by atoms with Crippen molar-refractivity contribution in [2.75, 3.05) is 26.2 Å². The van der Waals surface area contributed by atoms with Crippen LogP contribution in [-0.4, -0.2) is 48.2 Å². The number of hydrogen-bond donors (Lipinski definition) is 2. The van der Waals surface area contributed by atoms with Gasteiger partial charge in [-0.1, -0.05) is 26.0 Å². The van der Waals surface area contributed by atoms with Crippen LogP contribution in [0.3, 0.4) is 0 Å². The van der Waals surface area contributed by atoms with Crippen LogP contribution in [0.2, 0.25) is 0 Å². The molecule has 1 aromatic rings. The molecule has 0 aromatic heterocycles. The van der Waals surface area contributed by atoms with E-state index in [9.17, 15) is 9.90 Å². The number of nitrogens with zero attached hydrogens (tertiary/aromatic N) is 1. The van der Waals surface area contributed by atoms with Crippen molar-refractivity contribution in [3.05, 3.63) is 35.4 Å². The lowest BCUT2D eigenvalue weighted by molar-refractivity contribution is 0.0619. The molecule has 2 atom stereocenters. The number of piperidine rings is 2. The summed E-state index contributed by atoms with van der Waals surface area (Å²) in [6.07, 6.45) is 3.59. The van der Waals surface area contributed by atoms with E-state index >= 15 is 0 Å². The van der Waals surface area contributed by atoms with E-state index in [0.717, 1.165) is 32.6 Å². The molecule has 0 saturated carbocycles. The van der Waals surface area contributed by atoms with Crippen molar-refractivity contribution in [3.8, 4) is 0 Å². The summed E-state index contributed by atoms with van der Waals surface area (Å²) in [5, 5.41) is 12.7. The SMILES string of the molecule is C[C@H]1CN(C2CCNCC2)CC[C@@]1(C)c1cccc(C(=O)O)c1. The Kier molecular flexibility index (Phi) is 4.74. The molecule has 2 aliphatic heterocycles. The van der Waals surface area contributed by atoms with Crippen molar-refractivity contribution in [2.45, 2.75) is 44.6 Å². The van der Waals surface area contributed by atoms with Crippen LogP contribution in [0.15, 0.2) is 24.3 Å². The number of benzene rings is 1. The first kappa shape index (κ1) is 16.5. The minimum Gasteiger partial charge on any atom is -0.478 e. The van der Waals surface area contributed by atoms with Gasteiger partial charge in [0.05, 0.1) is 5.56 Å². The molecule has 0 amide bonds. The molecular formula is C19H28N2O2. The Morgan fingerprint density at radius 3 is 2.74 bits per heavy atom. The molecule has 0 unspecified atom stereocenters. The fraction of sp³-hybridized carbons (Fsp3) is 0.632. The van der Waals surface area contributed by atoms with Crippen molar-refractivity contribution in [3.63, 3.8) is 0 Å². The largest absolute Gasteiger partial charge is 0.478 e. The van der Waals surface area contributed by atoms with Gasteiger partial charge in [-0.15, -0.1) is 0 Å². The molecule has 0 aliphatic carbocycles. The zero-order valence-electron chi connectivity index (χ0n) is 14.2. The van der Waals surface area contributed by atoms with Crippen molar-refractivity contribution in [1.82, 2.24) is 10.2 Å². The van der Waals surface area contributed by atoms with Gasteiger partial charge in [-0.05, 0) is 67.9 Å². The average molecular weight is 316 g/mol. The Hall–Kier alpha value is -1.39. The van der Waals surface area contributed by atoms with Crippen molar-refractivity contribution >= 4 is 5.97 Å². The molecule has 2 saturated heterocycles. The van der Waals surface area contributed by atoms with Crippen LogP contribution < -0.4 is 5.32 Å². The lowest BCUT2D eigenvalue weighted by Gasteiger charge is -2.48. The number of carbonyl (C=O) groups is 1. The molecule has 3 rings (SSSR count). The number of hydrogen-bond acceptors (Lipinski definition) is 3. The van der Waals surface area contributed by atoms with Gasteiger partial charge in [-0.2, -0.15) is 0 Å². The topological polar surface area (TPSA) is 52.6 Å². The zero-order chi connectivity index (χ0) is 16.4. The van der Waals surface area contributed by atoms with E-state index in [1.807, 2.05) is 12.1 Å². The standard InChI is InChI=1S/C19H28N2O2/c1-14-13-21(17-6-9-20-10-7-17)11-8-19(14,2)16-5-3-4-15(12-16)18(22)23/h3-5,12,14,17,20H,6-11,13H2,1-2H3,(H,22,23)/t14-,19+/m0/s1. The maximum absolute atomic E-state index is 11.3. The number of carboxylic acids is 1. The molecule has 0 bridgehead atoms. The minimum atomic E-state index is -0.838. The smallest absolute Gasteiger partial charge is 0.335 e. The molecule has 2 N–H and O–H groups in total. The quantitative estimate of drug-likeness (QED) is 0.900. The van der Waals surface area contributed by atoms with E-state index in [-0.39, 0.29) is 5.41 Å². The molecule has 0 radical (unpaired) electrons. The maximum atomic E-state index is 11.3. The van der Waals surface area contributed by atoms with Crippen LogP contribution in [0.5, 0.6) is 0 Å². The first-order valence-electron chi connectivity index (χ1n) is 8.79. The zero-order valence-corrected chi connectivity index (χ0v) is 14.2. The van der Waals surface area contributed by atoms with Gasteiger partial charge in [-0.3, -0.25) is 4.90 Å². The Morgan fingerprint density at radius 1 is 1.35 bits per heavy atom. The number of carboxylic acid groups (broad SMARTS) is 1. The second kappa shape index (κ2) is 6.62. The summed E-state index contributed by atoms with van der Waals surface area (Å²) in [5.41, 5.74) is 1.64. The van der Waals surface area contributed by atoms with Crippen LogP contribution in [0.4, 0.5) is 0 Å². The third-order valence-electron chi connectivity index (χ3n) is 6.11. The molecule has 0 spiro atoms. The fourth-order valence-electron chi connectivity index (χ4n) is 4.21. The van der Waals surface area contributed by atoms with E-state index in [2.05, 4.69) is 30.1 Å². The lowest BCUT2D eigenvalue weighted by Crippen LogP contribution is -2.53. The van der Waals surface area contributed by atoms with E-state index in [1.165, 1.54) is 18.4 Å². The second-order valence-electron chi connectivity index (χ2n) is 7.43. The van der Waals surface area contributed by atoms with Crippen molar-refractivity contribution < 1.29 is 9.90 Å². The summed E-state index contributed by atoms with van der Waals surface area (Å²) in [6, 6.07) is 8.26. The predicted molar refractivity (Wildman–Crippen MR) is 92.0 cm³/mol. The Labute approximate surface area is 138 Å². The van der Waals surface area contributed by atoms with E-state index in [1.54, 1.807) is 6.07 Å². The Bertz CT molecular complexity index is 568. The monoisotopic (exact) mass is 316 g/mol.